The van der Waals surface area contributed by atoms with Gasteiger partial charge in [-0.05, 0) is 19.1 Å². The van der Waals surface area contributed by atoms with Gasteiger partial charge in [0, 0.05) is 24.2 Å². The van der Waals surface area contributed by atoms with Crippen LogP contribution in [0.5, 0.6) is 0 Å². The van der Waals surface area contributed by atoms with Crippen molar-refractivity contribution in [2.75, 3.05) is 0 Å². The predicted octanol–water partition coefficient (Wildman–Crippen LogP) is 2.65. The third-order valence-electron chi connectivity index (χ3n) is 2.81. The van der Waals surface area contributed by atoms with Crippen LogP contribution in [-0.4, -0.2) is 15.6 Å². The van der Waals surface area contributed by atoms with Crippen molar-refractivity contribution >= 4 is 23.0 Å². The van der Waals surface area contributed by atoms with Gasteiger partial charge in [-0.1, -0.05) is 6.07 Å². The fourth-order valence-corrected chi connectivity index (χ4v) is 2.37. The number of rotatable bonds is 3. The summed E-state index contributed by atoms with van der Waals surface area (Å²) in [6.45, 7) is 1.46. The number of thiazole rings is 1. The van der Waals surface area contributed by atoms with Crippen LogP contribution in [-0.2, 0) is 11.8 Å². The molecule has 1 N–H and O–H groups in total. The highest BCUT2D eigenvalue weighted by Crippen LogP contribution is 2.23. The molecule has 0 amide bonds. The highest BCUT2D eigenvalue weighted by atomic mass is 32.1. The molecule has 0 aliphatic rings. The number of nitrogens with zero attached hydrogens (tertiary/aromatic N) is 2. The first-order valence-electron chi connectivity index (χ1n) is 5.66. The highest BCUT2D eigenvalue weighted by molar-refractivity contribution is 7.07. The van der Waals surface area contributed by atoms with Crippen LogP contribution in [0, 0.1) is 5.82 Å². The maximum absolute atomic E-state index is 13.9. The van der Waals surface area contributed by atoms with Gasteiger partial charge in [0.1, 0.15) is 5.82 Å². The minimum absolute atomic E-state index is 0.169. The van der Waals surface area contributed by atoms with Crippen molar-refractivity contribution in [2.24, 2.45) is 12.0 Å². The Kier molecular flexibility index (Phi) is 3.80. The first kappa shape index (κ1) is 13.5. The van der Waals surface area contributed by atoms with Gasteiger partial charge in [0.25, 0.3) is 0 Å². The van der Waals surface area contributed by atoms with Crippen molar-refractivity contribution < 1.29 is 14.3 Å². The van der Waals surface area contributed by atoms with Gasteiger partial charge in [-0.25, -0.2) is 9.38 Å². The van der Waals surface area contributed by atoms with Crippen LogP contribution in [0.1, 0.15) is 18.4 Å². The van der Waals surface area contributed by atoms with Crippen LogP contribution in [0.4, 0.5) is 10.1 Å². The summed E-state index contributed by atoms with van der Waals surface area (Å²) in [6.07, 6.45) is 1.86. The Bertz CT molecular complexity index is 675. The van der Waals surface area contributed by atoms with Gasteiger partial charge in [-0.3, -0.25) is 4.79 Å². The van der Waals surface area contributed by atoms with E-state index in [0.717, 1.165) is 4.80 Å². The second-order valence-electron chi connectivity index (χ2n) is 4.17. The smallest absolute Gasteiger partial charge is 0.310 e. The van der Waals surface area contributed by atoms with Crippen molar-refractivity contribution in [3.8, 4) is 0 Å². The van der Waals surface area contributed by atoms with Crippen molar-refractivity contribution in [3.05, 3.63) is 46.0 Å². The molecule has 19 heavy (non-hydrogen) atoms. The van der Waals surface area contributed by atoms with Gasteiger partial charge in [0.15, 0.2) is 4.80 Å². The minimum atomic E-state index is -1.05. The molecule has 2 rings (SSSR count). The first-order valence-corrected chi connectivity index (χ1v) is 6.54. The van der Waals surface area contributed by atoms with Gasteiger partial charge in [-0.15, -0.1) is 11.3 Å². The number of aryl methyl sites for hydroxylation is 1. The van der Waals surface area contributed by atoms with Crippen molar-refractivity contribution in [1.29, 1.82) is 0 Å². The summed E-state index contributed by atoms with van der Waals surface area (Å²) in [5.74, 6) is -2.46. The van der Waals surface area contributed by atoms with Crippen LogP contribution >= 0.6 is 11.3 Å². The number of hydrogen-bond donors (Lipinski definition) is 1. The van der Waals surface area contributed by atoms with E-state index >= 15 is 0 Å². The van der Waals surface area contributed by atoms with E-state index in [0.29, 0.717) is 5.69 Å². The van der Waals surface area contributed by atoms with Crippen LogP contribution < -0.4 is 4.80 Å². The van der Waals surface area contributed by atoms with E-state index in [2.05, 4.69) is 4.99 Å². The zero-order chi connectivity index (χ0) is 14.0. The number of benzene rings is 1. The van der Waals surface area contributed by atoms with Crippen LogP contribution in [0.3, 0.4) is 0 Å². The van der Waals surface area contributed by atoms with Gasteiger partial charge in [0.05, 0.1) is 11.6 Å². The third-order valence-corrected chi connectivity index (χ3v) is 3.65. The molecule has 1 aromatic heterocycles. The molecule has 100 valence electrons. The van der Waals surface area contributed by atoms with Crippen molar-refractivity contribution in [2.45, 2.75) is 12.8 Å². The summed E-state index contributed by atoms with van der Waals surface area (Å²) in [6, 6.07) is 4.35. The lowest BCUT2D eigenvalue weighted by atomic mass is 10.0. The lowest BCUT2D eigenvalue weighted by molar-refractivity contribution is -0.138. The highest BCUT2D eigenvalue weighted by Gasteiger charge is 2.17. The average molecular weight is 280 g/mol. The number of aliphatic carboxylic acids is 1. The molecule has 0 saturated carbocycles. The van der Waals surface area contributed by atoms with Gasteiger partial charge in [-0.2, -0.15) is 0 Å². The van der Waals surface area contributed by atoms with E-state index in [1.54, 1.807) is 6.07 Å². The molecule has 0 aliphatic heterocycles. The Morgan fingerprint density at radius 3 is 2.79 bits per heavy atom. The molecular weight excluding hydrogens is 267 g/mol. The minimum Gasteiger partial charge on any atom is -0.481 e. The standard InChI is InChI=1S/C13H13FN2O2S/c1-8(12(17)18)10-4-3-9(7-11(10)14)15-13-16(2)5-6-19-13/h3-8H,1-2H3,(H,17,18)/b15-13-. The molecule has 1 heterocycles. The lowest BCUT2D eigenvalue weighted by Crippen LogP contribution is -2.10. The number of hydrogen-bond acceptors (Lipinski definition) is 3. The summed E-state index contributed by atoms with van der Waals surface area (Å²) >= 11 is 1.45. The monoisotopic (exact) mass is 280 g/mol. The lowest BCUT2D eigenvalue weighted by Gasteiger charge is -2.08. The zero-order valence-electron chi connectivity index (χ0n) is 10.5. The second-order valence-corrected chi connectivity index (χ2v) is 5.05. The summed E-state index contributed by atoms with van der Waals surface area (Å²) in [5, 5.41) is 10.8. The molecule has 0 spiro atoms. The topological polar surface area (TPSA) is 54.6 Å². The first-order chi connectivity index (χ1) is 8.99. The van der Waals surface area contributed by atoms with E-state index in [-0.39, 0.29) is 5.56 Å². The molecule has 0 bridgehead atoms. The summed E-state index contributed by atoms with van der Waals surface area (Å²) in [5.41, 5.74) is 0.638. The molecule has 2 aromatic rings. The molecule has 0 radical (unpaired) electrons. The Morgan fingerprint density at radius 2 is 2.26 bits per heavy atom. The maximum Gasteiger partial charge on any atom is 0.310 e. The van der Waals surface area contributed by atoms with Crippen LogP contribution in [0.15, 0.2) is 34.8 Å². The number of carbonyl (C=O) groups is 1. The molecule has 0 fully saturated rings. The summed E-state index contributed by atoms with van der Waals surface area (Å²) in [4.78, 5) is 15.9. The fourth-order valence-electron chi connectivity index (χ4n) is 1.61. The van der Waals surface area contributed by atoms with Crippen molar-refractivity contribution in [1.82, 2.24) is 4.57 Å². The Morgan fingerprint density at radius 1 is 1.53 bits per heavy atom. The number of halogens is 1. The van der Waals surface area contributed by atoms with Crippen LogP contribution in [0.2, 0.25) is 0 Å². The maximum atomic E-state index is 13.9. The largest absolute Gasteiger partial charge is 0.481 e. The molecule has 0 aliphatic carbocycles. The molecule has 6 heteroatoms. The van der Waals surface area contributed by atoms with E-state index in [4.69, 9.17) is 5.11 Å². The molecule has 1 atom stereocenters. The Balaban J connectivity index is 2.40. The third kappa shape index (κ3) is 2.90. The van der Waals surface area contributed by atoms with E-state index in [9.17, 15) is 9.18 Å². The average Bonchev–Trinajstić information content (AvgIpc) is 2.74. The van der Waals surface area contributed by atoms with E-state index < -0.39 is 17.7 Å². The summed E-state index contributed by atoms with van der Waals surface area (Å²) in [7, 11) is 1.85. The SMILES string of the molecule is CC(C(=O)O)c1ccc(/N=c2\sccn2C)cc1F. The molecule has 0 saturated heterocycles. The number of aromatic nitrogens is 1. The molecule has 4 nitrogen and oxygen atoms in total. The zero-order valence-corrected chi connectivity index (χ0v) is 11.3. The van der Waals surface area contributed by atoms with Gasteiger partial charge < -0.3 is 9.67 Å². The predicted molar refractivity (Wildman–Crippen MR) is 71.0 cm³/mol. The Labute approximate surface area is 113 Å². The normalized spacial score (nSPS) is 13.5. The van der Waals surface area contributed by atoms with Gasteiger partial charge in [0.2, 0.25) is 0 Å². The van der Waals surface area contributed by atoms with Gasteiger partial charge >= 0.3 is 5.97 Å². The second kappa shape index (κ2) is 5.36. The Hall–Kier alpha value is -1.95. The summed E-state index contributed by atoms with van der Waals surface area (Å²) < 4.78 is 15.7. The van der Waals surface area contributed by atoms with E-state index in [1.165, 1.54) is 30.4 Å². The van der Waals surface area contributed by atoms with Crippen LogP contribution in [0.25, 0.3) is 0 Å². The number of carboxylic acid groups (broad SMARTS) is 1. The van der Waals surface area contributed by atoms with E-state index in [1.807, 2.05) is 23.2 Å². The fraction of sp³-hybridized carbons (Fsp3) is 0.231. The molecular formula is C13H13FN2O2S. The molecule has 1 aromatic carbocycles. The molecule has 1 unspecified atom stereocenters. The quantitative estimate of drug-likeness (QED) is 0.939. The number of carboxylic acids is 1. The van der Waals surface area contributed by atoms with Crippen molar-refractivity contribution in [3.63, 3.8) is 0 Å².